The van der Waals surface area contributed by atoms with Gasteiger partial charge in [-0.1, -0.05) is 189 Å². The quantitative estimate of drug-likeness (QED) is 0.161. The van der Waals surface area contributed by atoms with Gasteiger partial charge in [-0.2, -0.15) is 0 Å². The third-order valence-corrected chi connectivity index (χ3v) is 12.3. The summed E-state index contributed by atoms with van der Waals surface area (Å²) in [7, 11) is 0. The molecule has 4 nitrogen and oxygen atoms in total. The van der Waals surface area contributed by atoms with Gasteiger partial charge < -0.3 is 0 Å². The second-order valence-corrected chi connectivity index (χ2v) is 16.5. The van der Waals surface area contributed by atoms with E-state index in [2.05, 4.69) is 178 Å². The molecule has 2 aromatic heterocycles. The molecular formula is C54H40N4S. The van der Waals surface area contributed by atoms with E-state index in [4.69, 9.17) is 19.9 Å². The van der Waals surface area contributed by atoms with Crippen molar-refractivity contribution >= 4 is 11.8 Å². The average Bonchev–Trinajstić information content (AvgIpc) is 3.56. The number of hydrogen-bond acceptors (Lipinski definition) is 5. The molecule has 0 saturated carbocycles. The Morgan fingerprint density at radius 1 is 0.407 bits per heavy atom. The molecule has 0 fully saturated rings. The van der Waals surface area contributed by atoms with Gasteiger partial charge in [-0.05, 0) is 59.0 Å². The summed E-state index contributed by atoms with van der Waals surface area (Å²) in [5.74, 6) is 1.33. The van der Waals surface area contributed by atoms with E-state index in [1.165, 1.54) is 26.5 Å². The normalized spacial score (nSPS) is 14.1. The van der Waals surface area contributed by atoms with E-state index in [1.54, 1.807) is 0 Å². The first-order chi connectivity index (χ1) is 29.0. The molecule has 0 bridgehead atoms. The Bertz CT molecular complexity index is 2930. The van der Waals surface area contributed by atoms with E-state index in [0.717, 1.165) is 68.1 Å². The van der Waals surface area contributed by atoms with Crippen LogP contribution < -0.4 is 0 Å². The van der Waals surface area contributed by atoms with Gasteiger partial charge in [-0.3, -0.25) is 0 Å². The van der Waals surface area contributed by atoms with Crippen LogP contribution in [-0.4, -0.2) is 19.9 Å². The summed E-state index contributed by atoms with van der Waals surface area (Å²) < 4.78 is 0. The Kier molecular flexibility index (Phi) is 9.52. The molecule has 59 heavy (non-hydrogen) atoms. The summed E-state index contributed by atoms with van der Waals surface area (Å²) in [6.07, 6.45) is 10.1. The first-order valence-electron chi connectivity index (χ1n) is 20.0. The van der Waals surface area contributed by atoms with Gasteiger partial charge in [0.2, 0.25) is 0 Å². The molecule has 0 N–H and O–H groups in total. The number of thioether (sulfide) groups is 1. The highest BCUT2D eigenvalue weighted by Crippen LogP contribution is 2.50. The van der Waals surface area contributed by atoms with Crippen LogP contribution in [0.15, 0.2) is 210 Å². The van der Waals surface area contributed by atoms with Crippen LogP contribution in [0.5, 0.6) is 0 Å². The van der Waals surface area contributed by atoms with Crippen LogP contribution >= 0.6 is 11.8 Å². The second kappa shape index (κ2) is 15.4. The Labute approximate surface area is 349 Å². The van der Waals surface area contributed by atoms with Gasteiger partial charge >= 0.3 is 0 Å². The topological polar surface area (TPSA) is 51.6 Å². The van der Waals surface area contributed by atoms with Crippen molar-refractivity contribution in [2.75, 3.05) is 0 Å². The molecule has 0 spiro atoms. The molecule has 5 heteroatoms. The predicted octanol–water partition coefficient (Wildman–Crippen LogP) is 14.1. The zero-order valence-corrected chi connectivity index (χ0v) is 33.7. The van der Waals surface area contributed by atoms with E-state index in [9.17, 15) is 0 Å². The molecule has 6 aromatic carbocycles. The summed E-state index contributed by atoms with van der Waals surface area (Å²) in [5, 5.41) is 0. The molecule has 282 valence electrons. The van der Waals surface area contributed by atoms with Gasteiger partial charge in [-0.25, -0.2) is 19.9 Å². The first-order valence-corrected chi connectivity index (χ1v) is 20.8. The minimum Gasteiger partial charge on any atom is -0.228 e. The fourth-order valence-corrected chi connectivity index (χ4v) is 9.36. The zero-order valence-electron chi connectivity index (χ0n) is 32.9. The van der Waals surface area contributed by atoms with Crippen LogP contribution in [-0.2, 0) is 5.41 Å². The van der Waals surface area contributed by atoms with E-state index in [-0.39, 0.29) is 5.41 Å². The van der Waals surface area contributed by atoms with Crippen molar-refractivity contribution in [2.24, 2.45) is 0 Å². The van der Waals surface area contributed by atoms with Crippen LogP contribution in [0.1, 0.15) is 25.8 Å². The van der Waals surface area contributed by atoms with Crippen LogP contribution in [0.2, 0.25) is 0 Å². The summed E-state index contributed by atoms with van der Waals surface area (Å²) in [5.41, 5.74) is 14.3. The number of benzene rings is 6. The minimum atomic E-state index is -0.164. The molecule has 3 heterocycles. The van der Waals surface area contributed by atoms with E-state index < -0.39 is 0 Å². The highest BCUT2D eigenvalue weighted by atomic mass is 32.2. The molecule has 0 radical (unpaired) electrons. The lowest BCUT2D eigenvalue weighted by Crippen LogP contribution is -2.24. The smallest absolute Gasteiger partial charge is 0.160 e. The van der Waals surface area contributed by atoms with Gasteiger partial charge in [0.15, 0.2) is 11.6 Å². The SMILES string of the molecule is CC1(C)C2=C(C=CCC=C2)Sc2ccc(-c3cc(-c4ccccc4)nc(-c4cccc(-c5cc(-c6ccc(-c7ccccc7)cc6)nc(-c6ccccc6)n5)c4)n3)cc21. The standard InChI is InChI=1S/C54H40N4S/c1-54(2)44-24-13-6-14-25-50(44)59-51-31-30-42(33-45(51)54)49-34-46(38-18-9-4-10-19-38)56-53(58-49)43-23-15-22-41(32-43)48-35-47(55-52(57-48)40-20-11-5-12-21-40)39-28-26-37(27-29-39)36-16-7-3-8-17-36/h3-5,7-35H,6H2,1-2H3. The van der Waals surface area contributed by atoms with E-state index in [0.29, 0.717) is 11.6 Å². The van der Waals surface area contributed by atoms with Crippen molar-refractivity contribution in [2.45, 2.75) is 30.6 Å². The molecule has 10 rings (SSSR count). The molecular weight excluding hydrogens is 737 g/mol. The molecule has 1 aliphatic heterocycles. The lowest BCUT2D eigenvalue weighted by atomic mass is 9.76. The highest BCUT2D eigenvalue weighted by Gasteiger charge is 2.34. The summed E-state index contributed by atoms with van der Waals surface area (Å²) in [6, 6.07) is 59.0. The zero-order chi connectivity index (χ0) is 39.8. The Balaban J connectivity index is 1.07. The molecule has 2 aliphatic rings. The number of nitrogens with zero attached hydrogens (tertiary/aromatic N) is 4. The molecule has 0 unspecified atom stereocenters. The van der Waals surface area contributed by atoms with Crippen LogP contribution in [0.25, 0.3) is 78.9 Å². The van der Waals surface area contributed by atoms with Gasteiger partial charge in [0.25, 0.3) is 0 Å². The number of allylic oxidation sites excluding steroid dienone is 5. The largest absolute Gasteiger partial charge is 0.228 e. The maximum Gasteiger partial charge on any atom is 0.160 e. The van der Waals surface area contributed by atoms with Crippen molar-refractivity contribution in [1.29, 1.82) is 0 Å². The molecule has 0 amide bonds. The van der Waals surface area contributed by atoms with E-state index >= 15 is 0 Å². The van der Waals surface area contributed by atoms with Gasteiger partial charge in [0.1, 0.15) is 0 Å². The minimum absolute atomic E-state index is 0.164. The molecule has 1 aliphatic carbocycles. The van der Waals surface area contributed by atoms with E-state index in [1.807, 2.05) is 42.1 Å². The predicted molar refractivity (Wildman–Crippen MR) is 244 cm³/mol. The molecule has 0 saturated heterocycles. The number of hydrogen-bond donors (Lipinski definition) is 0. The summed E-state index contributed by atoms with van der Waals surface area (Å²) in [4.78, 5) is 23.4. The Hall–Kier alpha value is -6.95. The molecule has 8 aromatic rings. The maximum absolute atomic E-state index is 5.30. The van der Waals surface area contributed by atoms with Crippen molar-refractivity contribution in [3.8, 4) is 78.9 Å². The maximum atomic E-state index is 5.30. The van der Waals surface area contributed by atoms with Crippen molar-refractivity contribution in [3.63, 3.8) is 0 Å². The Morgan fingerprint density at radius 3 is 1.53 bits per heavy atom. The Morgan fingerprint density at radius 2 is 0.864 bits per heavy atom. The monoisotopic (exact) mass is 776 g/mol. The lowest BCUT2D eigenvalue weighted by molar-refractivity contribution is 0.621. The van der Waals surface area contributed by atoms with Gasteiger partial charge in [-0.15, -0.1) is 0 Å². The van der Waals surface area contributed by atoms with Crippen molar-refractivity contribution in [1.82, 2.24) is 19.9 Å². The third-order valence-electron chi connectivity index (χ3n) is 11.2. The number of rotatable bonds is 7. The van der Waals surface area contributed by atoms with Crippen LogP contribution in [0, 0.1) is 0 Å². The first kappa shape index (κ1) is 36.4. The van der Waals surface area contributed by atoms with Crippen LogP contribution in [0.3, 0.4) is 0 Å². The van der Waals surface area contributed by atoms with Crippen LogP contribution in [0.4, 0.5) is 0 Å². The average molecular weight is 777 g/mol. The second-order valence-electron chi connectivity index (χ2n) is 15.4. The lowest BCUT2D eigenvalue weighted by Gasteiger charge is -2.35. The highest BCUT2D eigenvalue weighted by molar-refractivity contribution is 8.03. The van der Waals surface area contributed by atoms with Gasteiger partial charge in [0, 0.05) is 48.6 Å². The third kappa shape index (κ3) is 7.26. The fraction of sp³-hybridized carbons (Fsp3) is 0.0741. The van der Waals surface area contributed by atoms with Crippen molar-refractivity contribution in [3.05, 3.63) is 210 Å². The summed E-state index contributed by atoms with van der Waals surface area (Å²) in [6.45, 7) is 4.67. The van der Waals surface area contributed by atoms with Crippen molar-refractivity contribution < 1.29 is 0 Å². The fourth-order valence-electron chi connectivity index (χ4n) is 7.97. The number of aromatic nitrogens is 4. The van der Waals surface area contributed by atoms with Gasteiger partial charge in [0.05, 0.1) is 22.8 Å². The summed E-state index contributed by atoms with van der Waals surface area (Å²) >= 11 is 1.86. The number of fused-ring (bicyclic) bond motifs is 1. The molecule has 0 atom stereocenters.